The number of halogens is 3. The molecule has 4 nitrogen and oxygen atoms in total. The van der Waals surface area contributed by atoms with Crippen LogP contribution in [0.15, 0.2) is 18.5 Å². The van der Waals surface area contributed by atoms with Gasteiger partial charge in [0, 0.05) is 49.2 Å². The number of pyridine rings is 1. The van der Waals surface area contributed by atoms with E-state index in [0.717, 1.165) is 25.3 Å². The number of nitrogens with zero attached hydrogens (tertiary/aromatic N) is 3. The minimum atomic E-state index is -4.40. The minimum Gasteiger partial charge on any atom is -0.331 e. The normalized spacial score (nSPS) is 27.6. The molecule has 3 fully saturated rings. The Morgan fingerprint density at radius 1 is 1.23 bits per heavy atom. The highest BCUT2D eigenvalue weighted by atomic mass is 19.4. The van der Waals surface area contributed by atoms with Gasteiger partial charge in [-0.3, -0.25) is 4.98 Å². The van der Waals surface area contributed by atoms with Crippen molar-refractivity contribution in [1.29, 1.82) is 0 Å². The minimum absolute atomic E-state index is 0.00156. The van der Waals surface area contributed by atoms with Crippen LogP contribution in [0.1, 0.15) is 36.0 Å². The van der Waals surface area contributed by atoms with Crippen molar-refractivity contribution in [3.8, 4) is 11.3 Å². The Labute approximate surface area is 149 Å². The molecule has 2 saturated carbocycles. The average molecular weight is 362 g/mol. The van der Waals surface area contributed by atoms with Gasteiger partial charge in [-0.1, -0.05) is 0 Å². The third-order valence-electron chi connectivity index (χ3n) is 6.03. The molecule has 1 N–H and O–H groups in total. The van der Waals surface area contributed by atoms with E-state index >= 15 is 0 Å². The first kappa shape index (κ1) is 16.3. The highest BCUT2D eigenvalue weighted by Gasteiger charge is 2.54. The van der Waals surface area contributed by atoms with Gasteiger partial charge in [0.25, 0.3) is 0 Å². The van der Waals surface area contributed by atoms with Crippen LogP contribution in [0.5, 0.6) is 0 Å². The van der Waals surface area contributed by atoms with Crippen LogP contribution < -0.4 is 5.32 Å². The largest absolute Gasteiger partial charge is 0.418 e. The summed E-state index contributed by atoms with van der Waals surface area (Å²) in [5.74, 6) is 2.98. The van der Waals surface area contributed by atoms with E-state index in [1.54, 1.807) is 0 Å². The Kier molecular flexibility index (Phi) is 3.48. The van der Waals surface area contributed by atoms with Gasteiger partial charge in [0.2, 0.25) is 0 Å². The molecule has 5 rings (SSSR count). The lowest BCUT2D eigenvalue weighted by molar-refractivity contribution is -0.138. The first-order valence-corrected chi connectivity index (χ1v) is 9.24. The molecule has 0 bridgehead atoms. The summed E-state index contributed by atoms with van der Waals surface area (Å²) in [4.78, 5) is 8.71. The second-order valence-corrected chi connectivity index (χ2v) is 7.93. The van der Waals surface area contributed by atoms with Crippen LogP contribution >= 0.6 is 0 Å². The fraction of sp³-hybridized carbons (Fsp3) is 0.579. The predicted molar refractivity (Wildman–Crippen MR) is 90.5 cm³/mol. The zero-order chi connectivity index (χ0) is 18.1. The van der Waals surface area contributed by atoms with E-state index in [-0.39, 0.29) is 5.69 Å². The van der Waals surface area contributed by atoms with Crippen LogP contribution in [-0.2, 0) is 12.6 Å². The summed E-state index contributed by atoms with van der Waals surface area (Å²) >= 11 is 0. The Morgan fingerprint density at radius 3 is 2.62 bits per heavy atom. The molecule has 0 aromatic carbocycles. The zero-order valence-electron chi connectivity index (χ0n) is 14.6. The number of nitrogens with one attached hydrogen (secondary N) is 1. The van der Waals surface area contributed by atoms with E-state index in [4.69, 9.17) is 4.98 Å². The van der Waals surface area contributed by atoms with E-state index in [1.807, 2.05) is 6.20 Å². The van der Waals surface area contributed by atoms with Gasteiger partial charge in [0.1, 0.15) is 5.82 Å². The SMILES string of the molecule is Cc1ncc(-c2cn([C@H]3[C@@H]4CNC[C@@H]43)c(CC3CC3)n2)cc1C(F)(F)F. The number of rotatable bonds is 4. The standard InChI is InChI=1S/C19H21F3N4/c1-10-15(19(20,21)22)5-12(6-24-10)16-9-26(17(25-16)4-11-2-3-11)18-13-7-23-8-14(13)18/h5-6,9,11,13-14,18,23H,2-4,7-8H2,1H3/t13-,14+,18+. The number of aromatic nitrogens is 3. The van der Waals surface area contributed by atoms with Gasteiger partial charge in [0.15, 0.2) is 0 Å². The lowest BCUT2D eigenvalue weighted by Gasteiger charge is -2.10. The summed E-state index contributed by atoms with van der Waals surface area (Å²) in [6.45, 7) is 3.44. The fourth-order valence-electron chi connectivity index (χ4n) is 4.32. The molecular formula is C19H21F3N4. The van der Waals surface area contributed by atoms with Gasteiger partial charge >= 0.3 is 6.18 Å². The molecule has 2 aliphatic carbocycles. The third kappa shape index (κ3) is 2.73. The molecule has 1 saturated heterocycles. The predicted octanol–water partition coefficient (Wildman–Crippen LogP) is 3.62. The molecule has 2 aromatic heterocycles. The molecule has 2 aromatic rings. The summed E-state index contributed by atoms with van der Waals surface area (Å²) < 4.78 is 41.9. The van der Waals surface area contributed by atoms with Crippen molar-refractivity contribution in [2.45, 2.75) is 38.4 Å². The fourth-order valence-corrected chi connectivity index (χ4v) is 4.32. The zero-order valence-corrected chi connectivity index (χ0v) is 14.6. The van der Waals surface area contributed by atoms with Crippen LogP contribution in [0.4, 0.5) is 13.2 Å². The van der Waals surface area contributed by atoms with Crippen molar-refractivity contribution in [2.24, 2.45) is 17.8 Å². The van der Waals surface area contributed by atoms with Crippen molar-refractivity contribution in [3.05, 3.63) is 35.5 Å². The summed E-state index contributed by atoms with van der Waals surface area (Å²) in [5, 5.41) is 3.39. The van der Waals surface area contributed by atoms with Gasteiger partial charge in [0.05, 0.1) is 11.3 Å². The lowest BCUT2D eigenvalue weighted by Crippen LogP contribution is -2.17. The molecule has 3 aliphatic rings. The molecule has 7 heteroatoms. The molecule has 26 heavy (non-hydrogen) atoms. The summed E-state index contributed by atoms with van der Waals surface area (Å²) in [7, 11) is 0. The van der Waals surface area contributed by atoms with Crippen molar-refractivity contribution >= 4 is 0 Å². The molecule has 3 heterocycles. The molecule has 0 spiro atoms. The Bertz CT molecular complexity index is 843. The van der Waals surface area contributed by atoms with E-state index in [1.165, 1.54) is 32.0 Å². The average Bonchev–Trinajstić information content (AvgIpc) is 3.42. The van der Waals surface area contributed by atoms with E-state index < -0.39 is 11.7 Å². The quantitative estimate of drug-likeness (QED) is 0.903. The highest BCUT2D eigenvalue weighted by Crippen LogP contribution is 2.53. The van der Waals surface area contributed by atoms with Crippen LogP contribution in [0.3, 0.4) is 0 Å². The Hall–Kier alpha value is -1.89. The van der Waals surface area contributed by atoms with E-state index in [9.17, 15) is 13.2 Å². The Morgan fingerprint density at radius 2 is 1.96 bits per heavy atom. The maximum Gasteiger partial charge on any atom is 0.418 e. The van der Waals surface area contributed by atoms with Gasteiger partial charge in [-0.15, -0.1) is 0 Å². The van der Waals surface area contributed by atoms with Gasteiger partial charge in [-0.2, -0.15) is 13.2 Å². The molecule has 138 valence electrons. The molecule has 0 unspecified atom stereocenters. The summed E-state index contributed by atoms with van der Waals surface area (Å²) in [6.07, 6.45) is 2.44. The molecule has 1 aliphatic heterocycles. The van der Waals surface area contributed by atoms with Crippen LogP contribution in [-0.4, -0.2) is 27.6 Å². The topological polar surface area (TPSA) is 42.7 Å². The lowest BCUT2D eigenvalue weighted by atomic mass is 10.1. The van der Waals surface area contributed by atoms with Crippen LogP contribution in [0.25, 0.3) is 11.3 Å². The first-order chi connectivity index (χ1) is 12.4. The molecule has 0 amide bonds. The number of aryl methyl sites for hydroxylation is 1. The van der Waals surface area contributed by atoms with Crippen molar-refractivity contribution in [2.75, 3.05) is 13.1 Å². The third-order valence-corrected chi connectivity index (χ3v) is 6.03. The number of imidazole rings is 1. The molecule has 0 radical (unpaired) electrons. The first-order valence-electron chi connectivity index (χ1n) is 9.24. The number of hydrogen-bond acceptors (Lipinski definition) is 3. The van der Waals surface area contributed by atoms with Crippen LogP contribution in [0.2, 0.25) is 0 Å². The Balaban J connectivity index is 1.52. The van der Waals surface area contributed by atoms with E-state index in [0.29, 0.717) is 35.1 Å². The number of fused-ring (bicyclic) bond motifs is 1. The summed E-state index contributed by atoms with van der Waals surface area (Å²) in [6, 6.07) is 1.64. The number of piperidine rings is 1. The monoisotopic (exact) mass is 362 g/mol. The summed E-state index contributed by atoms with van der Waals surface area (Å²) in [5.41, 5.74) is 0.377. The van der Waals surface area contributed by atoms with Crippen molar-refractivity contribution in [3.63, 3.8) is 0 Å². The maximum atomic E-state index is 13.2. The highest BCUT2D eigenvalue weighted by molar-refractivity contribution is 5.59. The van der Waals surface area contributed by atoms with Gasteiger partial charge in [-0.05, 0) is 43.6 Å². The van der Waals surface area contributed by atoms with Gasteiger partial charge in [-0.25, -0.2) is 4.98 Å². The van der Waals surface area contributed by atoms with Crippen molar-refractivity contribution in [1.82, 2.24) is 19.9 Å². The smallest absolute Gasteiger partial charge is 0.331 e. The van der Waals surface area contributed by atoms with Crippen molar-refractivity contribution < 1.29 is 13.2 Å². The molecular weight excluding hydrogens is 341 g/mol. The second kappa shape index (κ2) is 5.55. The number of hydrogen-bond donors (Lipinski definition) is 1. The maximum absolute atomic E-state index is 13.2. The van der Waals surface area contributed by atoms with E-state index in [2.05, 4.69) is 14.9 Å². The molecule has 3 atom stereocenters. The van der Waals surface area contributed by atoms with Gasteiger partial charge < -0.3 is 9.88 Å². The second-order valence-electron chi connectivity index (χ2n) is 7.93. The van der Waals surface area contributed by atoms with Crippen LogP contribution in [0, 0.1) is 24.7 Å². The number of alkyl halides is 3.